The van der Waals surface area contributed by atoms with E-state index in [9.17, 15) is 0 Å². The molecule has 0 saturated heterocycles. The second-order valence-corrected chi connectivity index (χ2v) is 6.89. The molecule has 0 atom stereocenters. The van der Waals surface area contributed by atoms with Crippen LogP contribution in [0.4, 0.5) is 0 Å². The minimum absolute atomic E-state index is 0.833. The Hall–Kier alpha value is -2.66. The van der Waals surface area contributed by atoms with Crippen LogP contribution in [-0.4, -0.2) is 30.0 Å². The van der Waals surface area contributed by atoms with Crippen molar-refractivity contribution in [2.45, 2.75) is 6.92 Å². The summed E-state index contributed by atoms with van der Waals surface area (Å²) in [5, 5.41) is 2.12. The van der Waals surface area contributed by atoms with Crippen LogP contribution in [0.15, 0.2) is 53.9 Å². The molecule has 1 aromatic heterocycles. The van der Waals surface area contributed by atoms with E-state index in [1.165, 1.54) is 0 Å². The first-order valence-corrected chi connectivity index (χ1v) is 9.93. The van der Waals surface area contributed by atoms with E-state index < -0.39 is 0 Å². The van der Waals surface area contributed by atoms with Crippen molar-refractivity contribution in [2.75, 3.05) is 20.5 Å². The zero-order chi connectivity index (χ0) is 19.4. The molecule has 0 aliphatic rings. The van der Waals surface area contributed by atoms with Gasteiger partial charge in [0.25, 0.3) is 0 Å². The second kappa shape index (κ2) is 8.35. The summed E-state index contributed by atoms with van der Waals surface area (Å²) in [6.07, 6.45) is 2.06. The van der Waals surface area contributed by atoms with Crippen LogP contribution < -0.4 is 9.47 Å². The van der Waals surface area contributed by atoms with Gasteiger partial charge >= 0.3 is 0 Å². The standard InChI is InChI=1S/C22H24N2O2S/c1-15(14-27-5)22-23-20(16-6-10-18(25-3)11-7-16)21(24(22)2)17-8-12-19(26-4)13-9-17/h6-14H,1-5H3/b15-14+. The summed E-state index contributed by atoms with van der Waals surface area (Å²) in [4.78, 5) is 4.98. The van der Waals surface area contributed by atoms with Gasteiger partial charge < -0.3 is 14.0 Å². The number of hydrogen-bond acceptors (Lipinski definition) is 4. The van der Waals surface area contributed by atoms with Crippen LogP contribution in [0.3, 0.4) is 0 Å². The van der Waals surface area contributed by atoms with Gasteiger partial charge in [-0.25, -0.2) is 4.98 Å². The molecule has 0 radical (unpaired) electrons. The number of ether oxygens (including phenoxy) is 2. The molecule has 0 aliphatic carbocycles. The third-order valence-electron chi connectivity index (χ3n) is 4.47. The van der Waals surface area contributed by atoms with Crippen molar-refractivity contribution in [1.82, 2.24) is 9.55 Å². The van der Waals surface area contributed by atoms with E-state index in [2.05, 4.69) is 42.3 Å². The maximum Gasteiger partial charge on any atom is 0.137 e. The molecule has 5 heteroatoms. The Balaban J connectivity index is 2.19. The highest BCUT2D eigenvalue weighted by Crippen LogP contribution is 2.35. The predicted molar refractivity (Wildman–Crippen MR) is 114 cm³/mol. The first kappa shape index (κ1) is 19.1. The van der Waals surface area contributed by atoms with Crippen molar-refractivity contribution in [3.63, 3.8) is 0 Å². The quantitative estimate of drug-likeness (QED) is 0.566. The van der Waals surface area contributed by atoms with Crippen LogP contribution in [0, 0.1) is 0 Å². The summed E-state index contributed by atoms with van der Waals surface area (Å²) in [6.45, 7) is 2.09. The summed E-state index contributed by atoms with van der Waals surface area (Å²) < 4.78 is 12.8. The van der Waals surface area contributed by atoms with Crippen LogP contribution in [0.2, 0.25) is 0 Å². The van der Waals surface area contributed by atoms with Crippen molar-refractivity contribution >= 4 is 17.3 Å². The molecule has 27 heavy (non-hydrogen) atoms. The van der Waals surface area contributed by atoms with Gasteiger partial charge in [0.2, 0.25) is 0 Å². The number of benzene rings is 2. The van der Waals surface area contributed by atoms with Crippen LogP contribution in [0.5, 0.6) is 11.5 Å². The normalized spacial score (nSPS) is 11.5. The van der Waals surface area contributed by atoms with E-state index in [0.717, 1.165) is 45.4 Å². The first-order valence-electron chi connectivity index (χ1n) is 8.64. The number of aromatic nitrogens is 2. The third-order valence-corrected chi connectivity index (χ3v) is 5.06. The van der Waals surface area contributed by atoms with Crippen molar-refractivity contribution < 1.29 is 9.47 Å². The van der Waals surface area contributed by atoms with Gasteiger partial charge in [0.15, 0.2) is 0 Å². The van der Waals surface area contributed by atoms with Crippen LogP contribution >= 0.6 is 11.8 Å². The average molecular weight is 381 g/mol. The molecule has 4 nitrogen and oxygen atoms in total. The topological polar surface area (TPSA) is 36.3 Å². The molecule has 2 aromatic carbocycles. The third kappa shape index (κ3) is 3.88. The Morgan fingerprint density at radius 2 is 1.44 bits per heavy atom. The van der Waals surface area contributed by atoms with Crippen molar-refractivity contribution in [3.8, 4) is 34.0 Å². The minimum atomic E-state index is 0.833. The van der Waals surface area contributed by atoms with Crippen molar-refractivity contribution in [2.24, 2.45) is 7.05 Å². The molecular weight excluding hydrogens is 356 g/mol. The number of thioether (sulfide) groups is 1. The van der Waals surface area contributed by atoms with Crippen LogP contribution in [0.25, 0.3) is 28.1 Å². The summed E-state index contributed by atoms with van der Waals surface area (Å²) in [6, 6.07) is 16.1. The molecule has 0 fully saturated rings. The fourth-order valence-corrected chi connectivity index (χ4v) is 3.57. The monoisotopic (exact) mass is 380 g/mol. The SMILES string of the molecule is COc1ccc(-c2nc(/C(C)=C/SC)n(C)c2-c2ccc(OC)cc2)cc1. The molecule has 1 heterocycles. The maximum atomic E-state index is 5.30. The van der Waals surface area contributed by atoms with Crippen LogP contribution in [0.1, 0.15) is 12.7 Å². The number of allylic oxidation sites excluding steroid dienone is 1. The molecule has 0 saturated carbocycles. The van der Waals surface area contributed by atoms with E-state index in [4.69, 9.17) is 14.5 Å². The lowest BCUT2D eigenvalue weighted by Gasteiger charge is -2.09. The fraction of sp³-hybridized carbons (Fsp3) is 0.227. The van der Waals surface area contributed by atoms with E-state index in [1.807, 2.05) is 36.4 Å². The molecule has 3 rings (SSSR count). The van der Waals surface area contributed by atoms with Crippen LogP contribution in [-0.2, 0) is 7.05 Å². The van der Waals surface area contributed by atoms with E-state index in [-0.39, 0.29) is 0 Å². The summed E-state index contributed by atoms with van der Waals surface area (Å²) >= 11 is 1.68. The smallest absolute Gasteiger partial charge is 0.137 e. The maximum absolute atomic E-state index is 5.30. The Labute approximate surface area is 164 Å². The molecule has 3 aromatic rings. The molecule has 0 bridgehead atoms. The molecule has 0 spiro atoms. The average Bonchev–Trinajstić information content (AvgIpc) is 3.05. The summed E-state index contributed by atoms with van der Waals surface area (Å²) in [5.74, 6) is 2.63. The van der Waals surface area contributed by atoms with Gasteiger partial charge in [0, 0.05) is 18.2 Å². The number of methoxy groups -OCH3 is 2. The zero-order valence-corrected chi connectivity index (χ0v) is 17.1. The zero-order valence-electron chi connectivity index (χ0n) is 16.3. The number of imidazole rings is 1. The summed E-state index contributed by atoms with van der Waals surface area (Å²) in [5.41, 5.74) is 5.32. The Morgan fingerprint density at radius 1 is 0.926 bits per heavy atom. The van der Waals surface area contributed by atoms with Crippen molar-refractivity contribution in [3.05, 3.63) is 59.8 Å². The molecular formula is C22H24N2O2S. The second-order valence-electron chi connectivity index (χ2n) is 6.19. The van der Waals surface area contributed by atoms with Crippen molar-refractivity contribution in [1.29, 1.82) is 0 Å². The predicted octanol–water partition coefficient (Wildman–Crippen LogP) is 5.50. The summed E-state index contributed by atoms with van der Waals surface area (Å²) in [7, 11) is 5.41. The minimum Gasteiger partial charge on any atom is -0.497 e. The Morgan fingerprint density at radius 3 is 1.93 bits per heavy atom. The van der Waals surface area contributed by atoms with E-state index in [0.29, 0.717) is 0 Å². The van der Waals surface area contributed by atoms with Gasteiger partial charge in [-0.1, -0.05) is 0 Å². The first-order chi connectivity index (χ1) is 13.1. The molecule has 0 amide bonds. The number of rotatable bonds is 6. The lowest BCUT2D eigenvalue weighted by molar-refractivity contribution is 0.414. The van der Waals surface area contributed by atoms with E-state index >= 15 is 0 Å². The van der Waals surface area contributed by atoms with E-state index in [1.54, 1.807) is 26.0 Å². The lowest BCUT2D eigenvalue weighted by Crippen LogP contribution is -1.97. The fourth-order valence-electron chi connectivity index (χ4n) is 3.11. The highest BCUT2D eigenvalue weighted by molar-refractivity contribution is 8.01. The molecule has 140 valence electrons. The molecule has 0 unspecified atom stereocenters. The van der Waals surface area contributed by atoms with Gasteiger partial charge in [-0.15, -0.1) is 11.8 Å². The largest absolute Gasteiger partial charge is 0.497 e. The van der Waals surface area contributed by atoms with Gasteiger partial charge in [0.05, 0.1) is 25.6 Å². The van der Waals surface area contributed by atoms with Gasteiger partial charge in [-0.2, -0.15) is 0 Å². The lowest BCUT2D eigenvalue weighted by atomic mass is 10.0. The Bertz CT molecular complexity index is 942. The highest BCUT2D eigenvalue weighted by Gasteiger charge is 2.19. The highest BCUT2D eigenvalue weighted by atomic mass is 32.2. The number of nitrogens with zero attached hydrogens (tertiary/aromatic N) is 2. The van der Waals surface area contributed by atoms with Gasteiger partial charge in [-0.05, 0) is 72.7 Å². The Kier molecular flexibility index (Phi) is 5.91. The molecule has 0 aliphatic heterocycles. The van der Waals surface area contributed by atoms with Gasteiger partial charge in [0.1, 0.15) is 17.3 Å². The van der Waals surface area contributed by atoms with Gasteiger partial charge in [-0.3, -0.25) is 0 Å². The molecule has 0 N–H and O–H groups in total. The number of hydrogen-bond donors (Lipinski definition) is 0.